The normalized spacial score (nSPS) is 10.7. The van der Waals surface area contributed by atoms with Crippen LogP contribution >= 0.6 is 0 Å². The molecule has 3 rings (SSSR count). The Morgan fingerprint density at radius 3 is 2.71 bits per heavy atom. The summed E-state index contributed by atoms with van der Waals surface area (Å²) >= 11 is 0. The van der Waals surface area contributed by atoms with Gasteiger partial charge < -0.3 is 11.1 Å². The van der Waals surface area contributed by atoms with Gasteiger partial charge in [-0.05, 0) is 24.3 Å². The van der Waals surface area contributed by atoms with Crippen LogP contribution in [0.5, 0.6) is 0 Å². The summed E-state index contributed by atoms with van der Waals surface area (Å²) in [6, 6.07) is 7.20. The number of hydrogen-bond donors (Lipinski definition) is 3. The molecule has 3 aromatic rings. The van der Waals surface area contributed by atoms with Crippen LogP contribution in [0.15, 0.2) is 35.3 Å². The molecule has 0 saturated carbocycles. The number of nitrogen functional groups attached to an aromatic ring is 1. The second-order valence-corrected chi connectivity index (χ2v) is 5.19. The quantitative estimate of drug-likeness (QED) is 0.607. The molecule has 0 spiro atoms. The van der Waals surface area contributed by atoms with Gasteiger partial charge in [-0.1, -0.05) is 6.92 Å². The highest BCUT2D eigenvalue weighted by Gasteiger charge is 2.07. The lowest BCUT2D eigenvalue weighted by atomic mass is 10.1. The van der Waals surface area contributed by atoms with E-state index in [-0.39, 0.29) is 22.9 Å². The van der Waals surface area contributed by atoms with Gasteiger partial charge in [-0.3, -0.25) is 14.6 Å². The third kappa shape index (κ3) is 3.22. The molecule has 0 aliphatic rings. The molecule has 0 saturated heterocycles. The summed E-state index contributed by atoms with van der Waals surface area (Å²) in [7, 11) is 0. The molecule has 24 heavy (non-hydrogen) atoms. The smallest absolute Gasteiger partial charge is 0.280 e. The van der Waals surface area contributed by atoms with E-state index in [2.05, 4.69) is 25.3 Å². The lowest BCUT2D eigenvalue weighted by Gasteiger charge is -2.07. The Kier molecular flexibility index (Phi) is 4.19. The van der Waals surface area contributed by atoms with Crippen molar-refractivity contribution in [3.05, 3.63) is 52.1 Å². The molecule has 0 amide bonds. The maximum atomic E-state index is 11.8. The van der Waals surface area contributed by atoms with Crippen LogP contribution in [0.25, 0.3) is 11.2 Å². The zero-order chi connectivity index (χ0) is 17.1. The highest BCUT2D eigenvalue weighted by molar-refractivity contribution is 5.96. The van der Waals surface area contributed by atoms with Crippen molar-refractivity contribution in [1.29, 1.82) is 0 Å². The molecule has 4 N–H and O–H groups in total. The lowest BCUT2D eigenvalue weighted by Crippen LogP contribution is -2.15. The molecule has 8 heteroatoms. The molecule has 2 heterocycles. The molecule has 0 radical (unpaired) electrons. The van der Waals surface area contributed by atoms with E-state index in [4.69, 9.17) is 5.73 Å². The van der Waals surface area contributed by atoms with Crippen LogP contribution in [0.4, 0.5) is 11.6 Å². The van der Waals surface area contributed by atoms with Gasteiger partial charge in [0.2, 0.25) is 5.95 Å². The van der Waals surface area contributed by atoms with E-state index in [1.54, 1.807) is 12.1 Å². The average molecular weight is 324 g/mol. The van der Waals surface area contributed by atoms with E-state index in [0.29, 0.717) is 24.2 Å². The number of anilines is 2. The number of aromatic amines is 1. The Balaban J connectivity index is 1.76. The minimum atomic E-state index is -0.422. The van der Waals surface area contributed by atoms with Gasteiger partial charge in [0.05, 0.1) is 18.4 Å². The summed E-state index contributed by atoms with van der Waals surface area (Å²) in [5, 5.41) is 3.17. The minimum Gasteiger partial charge on any atom is -0.379 e. The number of hydrogen-bond acceptors (Lipinski definition) is 7. The van der Waals surface area contributed by atoms with Gasteiger partial charge in [-0.2, -0.15) is 4.98 Å². The van der Waals surface area contributed by atoms with E-state index < -0.39 is 5.56 Å². The van der Waals surface area contributed by atoms with E-state index in [0.717, 1.165) is 5.69 Å². The lowest BCUT2D eigenvalue weighted by molar-refractivity contribution is 0.0988. The summed E-state index contributed by atoms with van der Waals surface area (Å²) in [5.74, 6) is 0.113. The first-order chi connectivity index (χ1) is 11.6. The Hall–Kier alpha value is -3.29. The minimum absolute atomic E-state index is 0.00870. The number of carbonyl (C=O) groups excluding carboxylic acids is 1. The van der Waals surface area contributed by atoms with Gasteiger partial charge in [0, 0.05) is 17.7 Å². The Bertz CT molecular complexity index is 949. The van der Waals surface area contributed by atoms with Gasteiger partial charge in [-0.25, -0.2) is 9.97 Å². The predicted molar refractivity (Wildman–Crippen MR) is 90.8 cm³/mol. The zero-order valence-corrected chi connectivity index (χ0v) is 13.0. The highest BCUT2D eigenvalue weighted by atomic mass is 16.1. The van der Waals surface area contributed by atoms with Crippen molar-refractivity contribution in [3.63, 3.8) is 0 Å². The number of H-pyrrole nitrogens is 1. The Morgan fingerprint density at radius 1 is 1.25 bits per heavy atom. The third-order valence-corrected chi connectivity index (χ3v) is 3.49. The van der Waals surface area contributed by atoms with Crippen LogP contribution in [0.1, 0.15) is 29.4 Å². The molecule has 0 fully saturated rings. The molecule has 2 aromatic heterocycles. The molecule has 8 nitrogen and oxygen atoms in total. The summed E-state index contributed by atoms with van der Waals surface area (Å²) in [6.45, 7) is 2.21. The number of nitrogens with one attached hydrogen (secondary N) is 2. The van der Waals surface area contributed by atoms with Gasteiger partial charge >= 0.3 is 0 Å². The largest absolute Gasteiger partial charge is 0.379 e. The number of benzene rings is 1. The highest BCUT2D eigenvalue weighted by Crippen LogP contribution is 2.12. The van der Waals surface area contributed by atoms with Crippen LogP contribution in [0.3, 0.4) is 0 Å². The first-order valence-electron chi connectivity index (χ1n) is 7.45. The molecule has 1 aromatic carbocycles. The molecular weight excluding hydrogens is 308 g/mol. The SMILES string of the molecule is CCC(=O)c1ccc(NCc2cnc3nc(N)[nH]c(=O)c3n2)cc1. The van der Waals surface area contributed by atoms with Crippen LogP contribution in [-0.2, 0) is 6.54 Å². The number of aromatic nitrogens is 4. The number of ketones is 1. The standard InChI is InChI=1S/C16H16N6O2/c1-2-12(23)9-3-5-10(6-4-9)18-7-11-8-19-14-13(20-11)15(24)22-16(17)21-14/h3-6,8,18H,2,7H2,1H3,(H3,17,19,21,22,24). The van der Waals surface area contributed by atoms with Gasteiger partial charge in [0.1, 0.15) is 0 Å². The van der Waals surface area contributed by atoms with Crippen molar-refractivity contribution in [2.75, 3.05) is 11.1 Å². The van der Waals surface area contributed by atoms with E-state index in [1.807, 2.05) is 19.1 Å². The number of nitrogens with zero attached hydrogens (tertiary/aromatic N) is 3. The maximum Gasteiger partial charge on any atom is 0.280 e. The fourth-order valence-electron chi connectivity index (χ4n) is 2.23. The molecule has 0 atom stereocenters. The van der Waals surface area contributed by atoms with Crippen molar-refractivity contribution in [2.24, 2.45) is 0 Å². The van der Waals surface area contributed by atoms with Gasteiger partial charge in [-0.15, -0.1) is 0 Å². The van der Waals surface area contributed by atoms with Crippen molar-refractivity contribution >= 4 is 28.6 Å². The van der Waals surface area contributed by atoms with Gasteiger partial charge in [0.15, 0.2) is 16.9 Å². The molecule has 0 unspecified atom stereocenters. The number of Topliss-reactive ketones (excluding diaryl/α,β-unsaturated/α-hetero) is 1. The average Bonchev–Trinajstić information content (AvgIpc) is 2.60. The number of rotatable bonds is 5. The number of nitrogens with two attached hydrogens (primary N) is 1. The first-order valence-corrected chi connectivity index (χ1v) is 7.45. The second kappa shape index (κ2) is 6.45. The van der Waals surface area contributed by atoms with E-state index in [9.17, 15) is 9.59 Å². The molecule has 0 aliphatic heterocycles. The second-order valence-electron chi connectivity index (χ2n) is 5.19. The van der Waals surface area contributed by atoms with E-state index >= 15 is 0 Å². The topological polar surface area (TPSA) is 127 Å². The van der Waals surface area contributed by atoms with Crippen molar-refractivity contribution in [3.8, 4) is 0 Å². The molecule has 0 aliphatic carbocycles. The number of carbonyl (C=O) groups is 1. The molecular formula is C16H16N6O2. The first kappa shape index (κ1) is 15.6. The summed E-state index contributed by atoms with van der Waals surface area (Å²) in [4.78, 5) is 38.1. The summed E-state index contributed by atoms with van der Waals surface area (Å²) in [6.07, 6.45) is 2.02. The third-order valence-electron chi connectivity index (χ3n) is 3.49. The summed E-state index contributed by atoms with van der Waals surface area (Å²) in [5.41, 5.74) is 7.52. The molecule has 122 valence electrons. The fraction of sp³-hybridized carbons (Fsp3) is 0.188. The van der Waals surface area contributed by atoms with Crippen LogP contribution in [0, 0.1) is 0 Å². The van der Waals surface area contributed by atoms with E-state index in [1.165, 1.54) is 6.20 Å². The summed E-state index contributed by atoms with van der Waals surface area (Å²) < 4.78 is 0. The Labute approximate surface area is 137 Å². The monoisotopic (exact) mass is 324 g/mol. The van der Waals surface area contributed by atoms with Crippen molar-refractivity contribution < 1.29 is 4.79 Å². The van der Waals surface area contributed by atoms with Gasteiger partial charge in [0.25, 0.3) is 5.56 Å². The predicted octanol–water partition coefficient (Wildman–Crippen LogP) is 1.50. The van der Waals surface area contributed by atoms with Crippen molar-refractivity contribution in [1.82, 2.24) is 19.9 Å². The Morgan fingerprint density at radius 2 is 2.00 bits per heavy atom. The fourth-order valence-corrected chi connectivity index (χ4v) is 2.23. The maximum absolute atomic E-state index is 11.8. The van der Waals surface area contributed by atoms with Crippen LogP contribution in [-0.4, -0.2) is 25.7 Å². The zero-order valence-electron chi connectivity index (χ0n) is 13.0. The van der Waals surface area contributed by atoms with Crippen LogP contribution < -0.4 is 16.6 Å². The number of fused-ring (bicyclic) bond motifs is 1. The van der Waals surface area contributed by atoms with Crippen molar-refractivity contribution in [2.45, 2.75) is 19.9 Å². The molecule has 0 bridgehead atoms. The van der Waals surface area contributed by atoms with Crippen LogP contribution in [0.2, 0.25) is 0 Å².